The summed E-state index contributed by atoms with van der Waals surface area (Å²) in [6.45, 7) is 1.58. The van der Waals surface area contributed by atoms with Crippen molar-refractivity contribution in [2.75, 3.05) is 13.7 Å². The molecule has 0 radical (unpaired) electrons. The first kappa shape index (κ1) is 17.3. The van der Waals surface area contributed by atoms with Crippen molar-refractivity contribution in [1.82, 2.24) is 5.32 Å². The van der Waals surface area contributed by atoms with Gasteiger partial charge in [0.2, 0.25) is 5.91 Å². The fourth-order valence-corrected chi connectivity index (χ4v) is 2.76. The Hall–Kier alpha value is -2.53. The molecule has 0 saturated carbocycles. The van der Waals surface area contributed by atoms with Crippen molar-refractivity contribution in [2.24, 2.45) is 0 Å². The lowest BCUT2D eigenvalue weighted by molar-refractivity contribution is -0.130. The summed E-state index contributed by atoms with van der Waals surface area (Å²) in [6, 6.07) is 15.7. The summed E-state index contributed by atoms with van der Waals surface area (Å²) < 4.78 is 16.6. The quantitative estimate of drug-likeness (QED) is 0.841. The number of rotatable bonds is 7. The van der Waals surface area contributed by atoms with Gasteiger partial charge in [0.1, 0.15) is 12.7 Å². The number of carbonyl (C=O) groups excluding carboxylic acids is 1. The van der Waals surface area contributed by atoms with Gasteiger partial charge in [0.25, 0.3) is 0 Å². The van der Waals surface area contributed by atoms with E-state index in [9.17, 15) is 4.79 Å². The standard InChI is InChI=1S/C20H23NO4/c1-23-19-12-16(13-21-20(22)18-8-5-11-24-18)9-10-17(19)25-14-15-6-3-2-4-7-15/h2-4,6-7,9-10,12,18H,5,8,11,13-14H2,1H3,(H,21,22). The van der Waals surface area contributed by atoms with Crippen molar-refractivity contribution >= 4 is 5.91 Å². The summed E-state index contributed by atoms with van der Waals surface area (Å²) in [5.41, 5.74) is 2.05. The maximum Gasteiger partial charge on any atom is 0.249 e. The number of carbonyl (C=O) groups is 1. The Labute approximate surface area is 147 Å². The van der Waals surface area contributed by atoms with Crippen LogP contribution in [-0.4, -0.2) is 25.7 Å². The summed E-state index contributed by atoms with van der Waals surface area (Å²) in [7, 11) is 1.61. The Bertz CT molecular complexity index is 696. The molecular weight excluding hydrogens is 318 g/mol. The van der Waals surface area contributed by atoms with Crippen LogP contribution in [0.1, 0.15) is 24.0 Å². The Balaban J connectivity index is 1.58. The fourth-order valence-electron chi connectivity index (χ4n) is 2.76. The van der Waals surface area contributed by atoms with Gasteiger partial charge in [-0.1, -0.05) is 36.4 Å². The van der Waals surface area contributed by atoms with E-state index >= 15 is 0 Å². The van der Waals surface area contributed by atoms with Gasteiger partial charge in [-0.25, -0.2) is 0 Å². The zero-order valence-corrected chi connectivity index (χ0v) is 14.4. The number of methoxy groups -OCH3 is 1. The highest BCUT2D eigenvalue weighted by molar-refractivity contribution is 5.80. The zero-order chi connectivity index (χ0) is 17.5. The maximum atomic E-state index is 12.0. The van der Waals surface area contributed by atoms with Crippen molar-refractivity contribution in [1.29, 1.82) is 0 Å². The fraction of sp³-hybridized carbons (Fsp3) is 0.350. The van der Waals surface area contributed by atoms with E-state index in [1.54, 1.807) is 7.11 Å². The molecule has 1 heterocycles. The normalized spacial score (nSPS) is 16.4. The second kappa shape index (κ2) is 8.53. The van der Waals surface area contributed by atoms with Gasteiger partial charge in [0, 0.05) is 13.2 Å². The topological polar surface area (TPSA) is 56.8 Å². The van der Waals surface area contributed by atoms with Crippen LogP contribution in [0.15, 0.2) is 48.5 Å². The number of hydrogen-bond acceptors (Lipinski definition) is 4. The van der Waals surface area contributed by atoms with E-state index in [0.717, 1.165) is 24.0 Å². The average Bonchev–Trinajstić information content (AvgIpc) is 3.20. The lowest BCUT2D eigenvalue weighted by Gasteiger charge is -2.14. The molecule has 0 spiro atoms. The first-order valence-electron chi connectivity index (χ1n) is 8.49. The molecule has 1 saturated heterocycles. The summed E-state index contributed by atoms with van der Waals surface area (Å²) in [6.07, 6.45) is 1.43. The summed E-state index contributed by atoms with van der Waals surface area (Å²) >= 11 is 0. The molecule has 1 N–H and O–H groups in total. The Morgan fingerprint density at radius 1 is 1.16 bits per heavy atom. The first-order valence-corrected chi connectivity index (χ1v) is 8.49. The highest BCUT2D eigenvalue weighted by atomic mass is 16.5. The Morgan fingerprint density at radius 2 is 2.00 bits per heavy atom. The Kier molecular flexibility index (Phi) is 5.90. The van der Waals surface area contributed by atoms with Crippen LogP contribution in [0.3, 0.4) is 0 Å². The highest BCUT2D eigenvalue weighted by Crippen LogP contribution is 2.29. The van der Waals surface area contributed by atoms with Gasteiger partial charge >= 0.3 is 0 Å². The van der Waals surface area contributed by atoms with E-state index in [1.165, 1.54) is 0 Å². The van der Waals surface area contributed by atoms with Gasteiger partial charge in [0.05, 0.1) is 7.11 Å². The first-order chi connectivity index (χ1) is 12.3. The molecule has 1 aliphatic rings. The molecule has 2 aromatic rings. The van der Waals surface area contributed by atoms with Gasteiger partial charge in [-0.3, -0.25) is 4.79 Å². The zero-order valence-electron chi connectivity index (χ0n) is 14.4. The molecular formula is C20H23NO4. The molecule has 1 amide bonds. The van der Waals surface area contributed by atoms with Crippen LogP contribution >= 0.6 is 0 Å². The van der Waals surface area contributed by atoms with Crippen LogP contribution in [-0.2, 0) is 22.7 Å². The van der Waals surface area contributed by atoms with Gasteiger partial charge in [0.15, 0.2) is 11.5 Å². The molecule has 5 nitrogen and oxygen atoms in total. The Morgan fingerprint density at radius 3 is 2.72 bits per heavy atom. The highest BCUT2D eigenvalue weighted by Gasteiger charge is 2.23. The maximum absolute atomic E-state index is 12.0. The van der Waals surface area contributed by atoms with Gasteiger partial charge in [-0.2, -0.15) is 0 Å². The largest absolute Gasteiger partial charge is 0.493 e. The molecule has 3 rings (SSSR count). The molecule has 2 aromatic carbocycles. The molecule has 5 heteroatoms. The number of ether oxygens (including phenoxy) is 3. The van der Waals surface area contributed by atoms with E-state index in [-0.39, 0.29) is 12.0 Å². The number of benzene rings is 2. The number of nitrogens with one attached hydrogen (secondary N) is 1. The van der Waals surface area contributed by atoms with E-state index in [2.05, 4.69) is 5.32 Å². The summed E-state index contributed by atoms with van der Waals surface area (Å²) in [5.74, 6) is 1.28. The second-order valence-corrected chi connectivity index (χ2v) is 5.98. The van der Waals surface area contributed by atoms with Crippen LogP contribution in [0.4, 0.5) is 0 Å². The SMILES string of the molecule is COc1cc(CNC(=O)C2CCCO2)ccc1OCc1ccccc1. The molecule has 0 aliphatic carbocycles. The van der Waals surface area contributed by atoms with Gasteiger partial charge < -0.3 is 19.5 Å². The van der Waals surface area contributed by atoms with E-state index in [0.29, 0.717) is 31.3 Å². The molecule has 1 atom stereocenters. The smallest absolute Gasteiger partial charge is 0.249 e. The minimum atomic E-state index is -0.310. The molecule has 1 aliphatic heterocycles. The number of amides is 1. The summed E-state index contributed by atoms with van der Waals surface area (Å²) in [4.78, 5) is 12.0. The van der Waals surface area contributed by atoms with E-state index < -0.39 is 0 Å². The molecule has 0 bridgehead atoms. The predicted molar refractivity (Wildman–Crippen MR) is 94.6 cm³/mol. The van der Waals surface area contributed by atoms with Crippen LogP contribution < -0.4 is 14.8 Å². The van der Waals surface area contributed by atoms with E-state index in [4.69, 9.17) is 14.2 Å². The lowest BCUT2D eigenvalue weighted by atomic mass is 10.2. The lowest BCUT2D eigenvalue weighted by Crippen LogP contribution is -2.33. The van der Waals surface area contributed by atoms with Crippen LogP contribution in [0.25, 0.3) is 0 Å². The second-order valence-electron chi connectivity index (χ2n) is 5.98. The molecule has 1 unspecified atom stereocenters. The van der Waals surface area contributed by atoms with Crippen molar-refractivity contribution < 1.29 is 19.0 Å². The molecule has 1 fully saturated rings. The van der Waals surface area contributed by atoms with Crippen molar-refractivity contribution in [3.05, 3.63) is 59.7 Å². The third-order valence-electron chi connectivity index (χ3n) is 4.15. The average molecular weight is 341 g/mol. The third kappa shape index (κ3) is 4.73. The molecule has 132 valence electrons. The van der Waals surface area contributed by atoms with Crippen molar-refractivity contribution in [3.63, 3.8) is 0 Å². The van der Waals surface area contributed by atoms with Gasteiger partial charge in [-0.15, -0.1) is 0 Å². The minimum absolute atomic E-state index is 0.0547. The molecule has 0 aromatic heterocycles. The predicted octanol–water partition coefficient (Wildman–Crippen LogP) is 3.07. The van der Waals surface area contributed by atoms with Crippen molar-refractivity contribution in [3.8, 4) is 11.5 Å². The molecule has 25 heavy (non-hydrogen) atoms. The monoisotopic (exact) mass is 341 g/mol. The third-order valence-corrected chi connectivity index (χ3v) is 4.15. The van der Waals surface area contributed by atoms with Crippen LogP contribution in [0, 0.1) is 0 Å². The summed E-state index contributed by atoms with van der Waals surface area (Å²) in [5, 5.41) is 2.91. The van der Waals surface area contributed by atoms with Gasteiger partial charge in [-0.05, 0) is 36.1 Å². The number of hydrogen-bond donors (Lipinski definition) is 1. The van der Waals surface area contributed by atoms with Crippen molar-refractivity contribution in [2.45, 2.75) is 32.1 Å². The van der Waals surface area contributed by atoms with Crippen LogP contribution in [0.2, 0.25) is 0 Å². The van der Waals surface area contributed by atoms with Crippen LogP contribution in [0.5, 0.6) is 11.5 Å². The minimum Gasteiger partial charge on any atom is -0.493 e. The van der Waals surface area contributed by atoms with E-state index in [1.807, 2.05) is 48.5 Å².